The quantitative estimate of drug-likeness (QED) is 0.423. The molecule has 0 amide bonds. The number of ether oxygens (including phenoxy) is 2. The molecular formula is C23H20F3NO4S. The first-order valence-corrected chi connectivity index (χ1v) is 10.4. The molecular weight excluding hydrogens is 443 g/mol. The van der Waals surface area contributed by atoms with Crippen molar-refractivity contribution < 1.29 is 32.5 Å². The van der Waals surface area contributed by atoms with Crippen molar-refractivity contribution in [3.8, 4) is 22.8 Å². The third kappa shape index (κ3) is 5.94. The zero-order valence-corrected chi connectivity index (χ0v) is 18.1. The van der Waals surface area contributed by atoms with Crippen molar-refractivity contribution in [2.24, 2.45) is 0 Å². The summed E-state index contributed by atoms with van der Waals surface area (Å²) in [5, 5.41) is 8.78. The number of carboxylic acids is 1. The molecule has 0 aliphatic carbocycles. The maximum absolute atomic E-state index is 12.7. The van der Waals surface area contributed by atoms with Crippen molar-refractivity contribution >= 4 is 17.7 Å². The number of aliphatic carboxylic acids is 1. The molecule has 0 bridgehead atoms. The van der Waals surface area contributed by atoms with Crippen LogP contribution in [0.5, 0.6) is 11.5 Å². The summed E-state index contributed by atoms with van der Waals surface area (Å²) in [6.07, 6.45) is -2.68. The Morgan fingerprint density at radius 1 is 1.09 bits per heavy atom. The average Bonchev–Trinajstić information content (AvgIpc) is 2.76. The number of thioether (sulfide) groups is 1. The monoisotopic (exact) mass is 463 g/mol. The number of aryl methyl sites for hydroxylation is 1. The van der Waals surface area contributed by atoms with Gasteiger partial charge in [-0.25, -0.2) is 4.79 Å². The zero-order chi connectivity index (χ0) is 23.3. The van der Waals surface area contributed by atoms with Crippen molar-refractivity contribution in [3.05, 3.63) is 71.4 Å². The molecule has 0 radical (unpaired) electrons. The Hall–Kier alpha value is -3.20. The molecule has 32 heavy (non-hydrogen) atoms. The molecule has 1 aromatic heterocycles. The Morgan fingerprint density at radius 2 is 1.81 bits per heavy atom. The highest BCUT2D eigenvalue weighted by molar-refractivity contribution is 7.98. The fourth-order valence-electron chi connectivity index (χ4n) is 2.88. The molecule has 0 aliphatic heterocycles. The number of carbonyl (C=O) groups is 1. The van der Waals surface area contributed by atoms with Crippen molar-refractivity contribution in [3.63, 3.8) is 0 Å². The van der Waals surface area contributed by atoms with E-state index < -0.39 is 24.3 Å². The summed E-state index contributed by atoms with van der Waals surface area (Å²) in [5.74, 6) is 0.534. The highest BCUT2D eigenvalue weighted by Gasteiger charge is 2.30. The van der Waals surface area contributed by atoms with Crippen LogP contribution in [-0.2, 0) is 16.7 Å². The number of hydrogen-bond donors (Lipinski definition) is 1. The van der Waals surface area contributed by atoms with E-state index in [0.717, 1.165) is 28.2 Å². The van der Waals surface area contributed by atoms with Gasteiger partial charge in [0.1, 0.15) is 11.5 Å². The summed E-state index contributed by atoms with van der Waals surface area (Å²) >= 11 is 1.52. The van der Waals surface area contributed by atoms with Crippen molar-refractivity contribution in [2.45, 2.75) is 23.7 Å². The molecule has 0 aliphatic rings. The lowest BCUT2D eigenvalue weighted by molar-refractivity contribution is -0.139. The third-order valence-corrected chi connectivity index (χ3v) is 5.65. The van der Waals surface area contributed by atoms with Gasteiger partial charge in [0.15, 0.2) is 6.61 Å². The minimum absolute atomic E-state index is 0.437. The first-order chi connectivity index (χ1) is 15.2. The normalized spacial score (nSPS) is 11.3. The maximum atomic E-state index is 12.7. The maximum Gasteiger partial charge on any atom is 0.416 e. The SMILES string of the molecule is COc1cc(OCC(=O)O)c(C)cc1SCc1ccc(-c2ccc(C(F)(F)F)cc2)nc1. The molecule has 9 heteroatoms. The number of alkyl halides is 3. The first-order valence-electron chi connectivity index (χ1n) is 9.46. The number of benzene rings is 2. The van der Waals surface area contributed by atoms with E-state index >= 15 is 0 Å². The minimum atomic E-state index is -4.37. The van der Waals surface area contributed by atoms with Crippen molar-refractivity contribution in [2.75, 3.05) is 13.7 Å². The number of aromatic nitrogens is 1. The molecule has 1 heterocycles. The van der Waals surface area contributed by atoms with E-state index in [1.54, 1.807) is 18.3 Å². The van der Waals surface area contributed by atoms with Crippen molar-refractivity contribution in [1.29, 1.82) is 0 Å². The smallest absolute Gasteiger partial charge is 0.416 e. The van der Waals surface area contributed by atoms with Gasteiger partial charge >= 0.3 is 12.1 Å². The summed E-state index contributed by atoms with van der Waals surface area (Å²) in [6, 6.07) is 12.1. The van der Waals surface area contributed by atoms with Crippen LogP contribution in [0.25, 0.3) is 11.3 Å². The van der Waals surface area contributed by atoms with Gasteiger partial charge in [0, 0.05) is 23.6 Å². The molecule has 5 nitrogen and oxygen atoms in total. The van der Waals surface area contributed by atoms with Gasteiger partial charge in [-0.2, -0.15) is 13.2 Å². The predicted octanol–water partition coefficient (Wildman–Crippen LogP) is 5.84. The summed E-state index contributed by atoms with van der Waals surface area (Å²) < 4.78 is 48.8. The fraction of sp³-hybridized carbons (Fsp3) is 0.217. The van der Waals surface area contributed by atoms with Crippen LogP contribution >= 0.6 is 11.8 Å². The van der Waals surface area contributed by atoms with Gasteiger partial charge in [0.05, 0.1) is 23.3 Å². The van der Waals surface area contributed by atoms with Crippen LogP contribution in [0.15, 0.2) is 59.6 Å². The second kappa shape index (κ2) is 9.95. The molecule has 1 N–H and O–H groups in total. The van der Waals surface area contributed by atoms with E-state index in [9.17, 15) is 18.0 Å². The molecule has 0 saturated carbocycles. The molecule has 168 valence electrons. The number of halogens is 3. The summed E-state index contributed by atoms with van der Waals surface area (Å²) in [7, 11) is 1.52. The molecule has 2 aromatic carbocycles. The third-order valence-electron chi connectivity index (χ3n) is 4.54. The van der Waals surface area contributed by atoms with Gasteiger partial charge in [0.2, 0.25) is 0 Å². The van der Waals surface area contributed by atoms with Crippen LogP contribution in [0.2, 0.25) is 0 Å². The summed E-state index contributed by atoms with van der Waals surface area (Å²) in [5.41, 5.74) is 2.20. The van der Waals surface area contributed by atoms with Crippen LogP contribution in [0, 0.1) is 6.92 Å². The Balaban J connectivity index is 1.68. The fourth-order valence-corrected chi connectivity index (χ4v) is 3.92. The van der Waals surface area contributed by atoms with Gasteiger partial charge in [0.25, 0.3) is 0 Å². The molecule has 3 rings (SSSR count). The second-order valence-corrected chi connectivity index (χ2v) is 7.88. The molecule has 0 spiro atoms. The summed E-state index contributed by atoms with van der Waals surface area (Å²) in [4.78, 5) is 15.9. The lowest BCUT2D eigenvalue weighted by Gasteiger charge is -2.13. The number of rotatable bonds is 8. The average molecular weight is 463 g/mol. The minimum Gasteiger partial charge on any atom is -0.495 e. The first kappa shape index (κ1) is 23.5. The van der Waals surface area contributed by atoms with Crippen LogP contribution in [-0.4, -0.2) is 29.8 Å². The van der Waals surface area contributed by atoms with E-state index in [1.165, 1.54) is 31.0 Å². The lowest BCUT2D eigenvalue weighted by atomic mass is 10.1. The molecule has 0 fully saturated rings. The zero-order valence-electron chi connectivity index (χ0n) is 17.3. The number of carboxylic acid groups (broad SMARTS) is 1. The molecule has 3 aromatic rings. The van der Waals surface area contributed by atoms with E-state index in [4.69, 9.17) is 14.6 Å². The molecule has 0 atom stereocenters. The predicted molar refractivity (Wildman–Crippen MR) is 115 cm³/mol. The van der Waals surface area contributed by atoms with Crippen LogP contribution < -0.4 is 9.47 Å². The number of methoxy groups -OCH3 is 1. The number of nitrogens with zero attached hydrogens (tertiary/aromatic N) is 1. The Bertz CT molecular complexity index is 1080. The molecule has 0 unspecified atom stereocenters. The standard InChI is InChI=1S/C23H20F3NO4S/c1-14-9-21(20(30-2)10-19(14)31-12-22(28)29)32-13-15-3-8-18(27-11-15)16-4-6-17(7-5-16)23(24,25)26/h3-11H,12-13H2,1-2H3,(H,28,29). The highest BCUT2D eigenvalue weighted by Crippen LogP contribution is 2.37. The van der Waals surface area contributed by atoms with Crippen molar-refractivity contribution in [1.82, 2.24) is 4.98 Å². The lowest BCUT2D eigenvalue weighted by Crippen LogP contribution is -2.10. The van der Waals surface area contributed by atoms with Crippen LogP contribution in [0.1, 0.15) is 16.7 Å². The van der Waals surface area contributed by atoms with Gasteiger partial charge in [-0.15, -0.1) is 11.8 Å². The van der Waals surface area contributed by atoms with Crippen LogP contribution in [0.4, 0.5) is 13.2 Å². The van der Waals surface area contributed by atoms with E-state index in [1.807, 2.05) is 19.1 Å². The molecule has 0 saturated heterocycles. The van der Waals surface area contributed by atoms with Gasteiger partial charge < -0.3 is 14.6 Å². The largest absolute Gasteiger partial charge is 0.495 e. The Labute approximate surface area is 187 Å². The van der Waals surface area contributed by atoms with E-state index in [-0.39, 0.29) is 0 Å². The topological polar surface area (TPSA) is 68.7 Å². The van der Waals surface area contributed by atoms with Gasteiger partial charge in [-0.3, -0.25) is 4.98 Å². The van der Waals surface area contributed by atoms with Gasteiger partial charge in [-0.05, 0) is 42.3 Å². The van der Waals surface area contributed by atoms with Gasteiger partial charge in [-0.1, -0.05) is 18.2 Å². The second-order valence-electron chi connectivity index (χ2n) is 6.87. The Kier molecular flexibility index (Phi) is 7.29. The number of pyridine rings is 1. The summed E-state index contributed by atoms with van der Waals surface area (Å²) in [6.45, 7) is 1.38. The number of hydrogen-bond acceptors (Lipinski definition) is 5. The van der Waals surface area contributed by atoms with E-state index in [2.05, 4.69) is 4.98 Å². The Morgan fingerprint density at radius 3 is 2.38 bits per heavy atom. The highest BCUT2D eigenvalue weighted by atomic mass is 32.2. The van der Waals surface area contributed by atoms with E-state index in [0.29, 0.717) is 28.5 Å². The van der Waals surface area contributed by atoms with Crippen LogP contribution in [0.3, 0.4) is 0 Å².